The van der Waals surface area contributed by atoms with Gasteiger partial charge in [-0.25, -0.2) is 8.42 Å². The molecule has 166 valence electrons. The van der Waals surface area contributed by atoms with Crippen molar-refractivity contribution in [2.24, 2.45) is 5.92 Å². The lowest BCUT2D eigenvalue weighted by molar-refractivity contribution is -0.151. The van der Waals surface area contributed by atoms with E-state index in [0.29, 0.717) is 37.6 Å². The standard InChI is InChI=1S/C23H27NO6S/c1-17-3-5-18(6-4-17)16-30-23(25)19-9-11-24(12-10-19)31(26,27)20-7-8-21-22(15-20)29-14-2-13-28-21/h3-8,15,19H,2,9-14,16H2,1H3. The summed E-state index contributed by atoms with van der Waals surface area (Å²) in [6.07, 6.45) is 1.64. The summed E-state index contributed by atoms with van der Waals surface area (Å²) < 4.78 is 44.2. The van der Waals surface area contributed by atoms with Gasteiger partial charge in [-0.3, -0.25) is 4.79 Å². The minimum Gasteiger partial charge on any atom is -0.490 e. The van der Waals surface area contributed by atoms with Gasteiger partial charge in [0.1, 0.15) is 6.61 Å². The van der Waals surface area contributed by atoms with Gasteiger partial charge >= 0.3 is 5.97 Å². The molecule has 2 aliphatic rings. The molecule has 31 heavy (non-hydrogen) atoms. The Morgan fingerprint density at radius 2 is 1.71 bits per heavy atom. The van der Waals surface area contributed by atoms with E-state index < -0.39 is 10.0 Å². The van der Waals surface area contributed by atoms with Crippen LogP contribution in [0.5, 0.6) is 11.5 Å². The van der Waals surface area contributed by atoms with Gasteiger partial charge in [0.2, 0.25) is 10.0 Å². The van der Waals surface area contributed by atoms with Gasteiger partial charge in [-0.1, -0.05) is 29.8 Å². The summed E-state index contributed by atoms with van der Waals surface area (Å²) >= 11 is 0. The van der Waals surface area contributed by atoms with Crippen LogP contribution in [0.2, 0.25) is 0 Å². The topological polar surface area (TPSA) is 82.1 Å². The number of piperidine rings is 1. The number of ether oxygens (including phenoxy) is 3. The number of fused-ring (bicyclic) bond motifs is 1. The smallest absolute Gasteiger partial charge is 0.309 e. The van der Waals surface area contributed by atoms with Crippen LogP contribution in [0.1, 0.15) is 30.4 Å². The van der Waals surface area contributed by atoms with E-state index in [1.807, 2.05) is 31.2 Å². The Kier molecular flexibility index (Phi) is 6.48. The maximum atomic E-state index is 13.1. The van der Waals surface area contributed by atoms with E-state index in [4.69, 9.17) is 14.2 Å². The predicted molar refractivity (Wildman–Crippen MR) is 115 cm³/mol. The van der Waals surface area contributed by atoms with E-state index in [9.17, 15) is 13.2 Å². The van der Waals surface area contributed by atoms with Crippen LogP contribution in [0.25, 0.3) is 0 Å². The molecule has 7 nitrogen and oxygen atoms in total. The summed E-state index contributed by atoms with van der Waals surface area (Å²) in [4.78, 5) is 12.6. The molecule has 8 heteroatoms. The molecule has 0 aromatic heterocycles. The SMILES string of the molecule is Cc1ccc(COC(=O)C2CCN(S(=O)(=O)c3ccc4c(c3)OCCCO4)CC2)cc1. The minimum absolute atomic E-state index is 0.178. The lowest BCUT2D eigenvalue weighted by Crippen LogP contribution is -2.40. The second-order valence-corrected chi connectivity index (χ2v) is 9.87. The highest BCUT2D eigenvalue weighted by atomic mass is 32.2. The molecule has 0 atom stereocenters. The largest absolute Gasteiger partial charge is 0.490 e. The number of sulfonamides is 1. The molecule has 2 aromatic rings. The van der Waals surface area contributed by atoms with Crippen LogP contribution in [-0.2, 0) is 26.2 Å². The maximum Gasteiger partial charge on any atom is 0.309 e. The van der Waals surface area contributed by atoms with E-state index in [-0.39, 0.29) is 36.5 Å². The van der Waals surface area contributed by atoms with Crippen LogP contribution in [0, 0.1) is 12.8 Å². The van der Waals surface area contributed by atoms with Crippen molar-refractivity contribution < 1.29 is 27.4 Å². The first-order valence-corrected chi connectivity index (χ1v) is 12.0. The molecule has 0 radical (unpaired) electrons. The highest BCUT2D eigenvalue weighted by molar-refractivity contribution is 7.89. The van der Waals surface area contributed by atoms with Crippen molar-refractivity contribution in [3.8, 4) is 11.5 Å². The molecule has 0 saturated carbocycles. The molecule has 1 saturated heterocycles. The monoisotopic (exact) mass is 445 g/mol. The van der Waals surface area contributed by atoms with E-state index in [1.54, 1.807) is 12.1 Å². The first-order chi connectivity index (χ1) is 14.9. The molecule has 0 N–H and O–H groups in total. The van der Waals surface area contributed by atoms with Crippen LogP contribution >= 0.6 is 0 Å². The Balaban J connectivity index is 1.35. The molecule has 0 amide bonds. The van der Waals surface area contributed by atoms with Gasteiger partial charge in [-0.05, 0) is 37.5 Å². The van der Waals surface area contributed by atoms with Gasteiger partial charge < -0.3 is 14.2 Å². The molecule has 0 bridgehead atoms. The van der Waals surface area contributed by atoms with Gasteiger partial charge in [0.15, 0.2) is 11.5 Å². The van der Waals surface area contributed by atoms with Gasteiger partial charge in [0.25, 0.3) is 0 Å². The molecule has 4 rings (SSSR count). The third-order valence-corrected chi connectivity index (χ3v) is 7.54. The first kappa shape index (κ1) is 21.6. The summed E-state index contributed by atoms with van der Waals surface area (Å²) in [7, 11) is -3.67. The van der Waals surface area contributed by atoms with Crippen molar-refractivity contribution in [3.63, 3.8) is 0 Å². The number of benzene rings is 2. The summed E-state index contributed by atoms with van der Waals surface area (Å²) in [6.45, 7) is 3.83. The molecular formula is C23H27NO6S. The van der Waals surface area contributed by atoms with Gasteiger partial charge in [0.05, 0.1) is 24.0 Å². The van der Waals surface area contributed by atoms with Crippen LogP contribution in [-0.4, -0.2) is 45.0 Å². The fraction of sp³-hybridized carbons (Fsp3) is 0.435. The Bertz CT molecular complexity index is 1030. The number of hydrogen-bond donors (Lipinski definition) is 0. The quantitative estimate of drug-likeness (QED) is 0.657. The average molecular weight is 446 g/mol. The molecule has 0 spiro atoms. The molecule has 2 aliphatic heterocycles. The number of esters is 1. The van der Waals surface area contributed by atoms with E-state index in [1.165, 1.54) is 10.4 Å². The molecule has 2 aromatic carbocycles. The second-order valence-electron chi connectivity index (χ2n) is 7.93. The zero-order valence-corrected chi connectivity index (χ0v) is 18.4. The van der Waals surface area contributed by atoms with Crippen molar-refractivity contribution in [1.82, 2.24) is 4.31 Å². The number of rotatable bonds is 5. The number of carbonyl (C=O) groups is 1. The number of carbonyl (C=O) groups excluding carboxylic acids is 1. The van der Waals surface area contributed by atoms with Gasteiger partial charge in [-0.15, -0.1) is 0 Å². The highest BCUT2D eigenvalue weighted by Gasteiger charge is 2.33. The van der Waals surface area contributed by atoms with Gasteiger partial charge in [-0.2, -0.15) is 4.31 Å². The summed E-state index contributed by atoms with van der Waals surface area (Å²) in [6, 6.07) is 12.5. The third kappa shape index (κ3) is 5.02. The van der Waals surface area contributed by atoms with Crippen LogP contribution in [0.3, 0.4) is 0 Å². The minimum atomic E-state index is -3.67. The number of hydrogen-bond acceptors (Lipinski definition) is 6. The van der Waals surface area contributed by atoms with Crippen molar-refractivity contribution in [2.45, 2.75) is 37.7 Å². The fourth-order valence-corrected chi connectivity index (χ4v) is 5.23. The zero-order valence-electron chi connectivity index (χ0n) is 17.6. The van der Waals surface area contributed by atoms with Crippen molar-refractivity contribution in [1.29, 1.82) is 0 Å². The predicted octanol–water partition coefficient (Wildman–Crippen LogP) is 3.30. The summed E-state index contributed by atoms with van der Waals surface area (Å²) in [5, 5.41) is 0. The van der Waals surface area contributed by atoms with Crippen LogP contribution in [0.4, 0.5) is 0 Å². The van der Waals surface area contributed by atoms with Crippen molar-refractivity contribution in [3.05, 3.63) is 53.6 Å². The molecule has 1 fully saturated rings. The van der Waals surface area contributed by atoms with E-state index >= 15 is 0 Å². The van der Waals surface area contributed by atoms with Crippen LogP contribution < -0.4 is 9.47 Å². The average Bonchev–Trinajstić information content (AvgIpc) is 3.03. The molecule has 0 aliphatic carbocycles. The highest BCUT2D eigenvalue weighted by Crippen LogP contribution is 2.34. The normalized spacial score (nSPS) is 17.7. The first-order valence-electron chi connectivity index (χ1n) is 10.6. The van der Waals surface area contributed by atoms with Crippen molar-refractivity contribution >= 4 is 16.0 Å². The van der Waals surface area contributed by atoms with Crippen LogP contribution in [0.15, 0.2) is 47.4 Å². The maximum absolute atomic E-state index is 13.1. The lowest BCUT2D eigenvalue weighted by atomic mass is 9.98. The summed E-state index contributed by atoms with van der Waals surface area (Å²) in [5.74, 6) is 0.452. The second kappa shape index (κ2) is 9.28. The number of nitrogens with zero attached hydrogens (tertiary/aromatic N) is 1. The Morgan fingerprint density at radius 1 is 1.03 bits per heavy atom. The zero-order chi connectivity index (χ0) is 21.8. The Hall–Kier alpha value is -2.58. The molecular weight excluding hydrogens is 418 g/mol. The molecule has 2 heterocycles. The Morgan fingerprint density at radius 3 is 2.42 bits per heavy atom. The van der Waals surface area contributed by atoms with E-state index in [2.05, 4.69) is 0 Å². The Labute approximate surface area is 183 Å². The summed E-state index contributed by atoms with van der Waals surface area (Å²) in [5.41, 5.74) is 2.09. The van der Waals surface area contributed by atoms with Gasteiger partial charge in [0, 0.05) is 25.6 Å². The van der Waals surface area contributed by atoms with Crippen molar-refractivity contribution in [2.75, 3.05) is 26.3 Å². The van der Waals surface area contributed by atoms with E-state index in [0.717, 1.165) is 17.5 Å². The number of aryl methyl sites for hydroxylation is 1. The third-order valence-electron chi connectivity index (χ3n) is 5.65. The molecule has 0 unspecified atom stereocenters. The fourth-order valence-electron chi connectivity index (χ4n) is 3.74. The lowest BCUT2D eigenvalue weighted by Gasteiger charge is -2.30.